The second-order valence-corrected chi connectivity index (χ2v) is 9.14. The minimum Gasteiger partial charge on any atom is -0.122 e. The summed E-state index contributed by atoms with van der Waals surface area (Å²) >= 11 is 24.4. The Morgan fingerprint density at radius 1 is 0.333 bits per heavy atom. The van der Waals surface area contributed by atoms with Gasteiger partial charge in [0.15, 0.2) is 0 Å². The fourth-order valence-corrected chi connectivity index (χ4v) is 5.09. The van der Waals surface area contributed by atoms with Crippen LogP contribution in [-0.2, 0) is 28.9 Å². The molecule has 0 aliphatic heterocycles. The molecule has 0 aliphatic carbocycles. The first-order chi connectivity index (χ1) is 16.1. The number of alkyl halides is 4. The highest BCUT2D eigenvalue weighted by molar-refractivity contribution is 6.17. The van der Waals surface area contributed by atoms with Crippen molar-refractivity contribution in [2.45, 2.75) is 28.9 Å². The Hall–Kier alpha value is -1.96. The lowest BCUT2D eigenvalue weighted by molar-refractivity contribution is 0.743. The van der Waals surface area contributed by atoms with Gasteiger partial charge in [0.05, 0.1) is 5.41 Å². The molecule has 4 aromatic rings. The Morgan fingerprint density at radius 2 is 0.515 bits per heavy atom. The molecule has 0 bridgehead atoms. The molecule has 0 unspecified atom stereocenters. The molecule has 4 heteroatoms. The number of hydrogen-bond acceptors (Lipinski definition) is 0. The van der Waals surface area contributed by atoms with Gasteiger partial charge in [-0.1, -0.05) is 97.1 Å². The van der Waals surface area contributed by atoms with Gasteiger partial charge in [-0.25, -0.2) is 0 Å². The van der Waals surface area contributed by atoms with Crippen LogP contribution in [0.4, 0.5) is 0 Å². The van der Waals surface area contributed by atoms with E-state index in [1.807, 2.05) is 0 Å². The monoisotopic (exact) mass is 512 g/mol. The molecule has 0 radical (unpaired) electrons. The fraction of sp³-hybridized carbons (Fsp3) is 0.172. The zero-order valence-electron chi connectivity index (χ0n) is 18.1. The number of rotatable bonds is 8. The van der Waals surface area contributed by atoms with Gasteiger partial charge in [0.25, 0.3) is 0 Å². The van der Waals surface area contributed by atoms with Crippen molar-refractivity contribution in [1.82, 2.24) is 0 Å². The van der Waals surface area contributed by atoms with E-state index in [-0.39, 0.29) is 0 Å². The van der Waals surface area contributed by atoms with Crippen LogP contribution in [0.25, 0.3) is 0 Å². The van der Waals surface area contributed by atoms with E-state index >= 15 is 0 Å². The van der Waals surface area contributed by atoms with E-state index in [1.165, 1.54) is 0 Å². The van der Waals surface area contributed by atoms with Crippen LogP contribution in [0.2, 0.25) is 0 Å². The van der Waals surface area contributed by atoms with E-state index in [0.717, 1.165) is 44.5 Å². The van der Waals surface area contributed by atoms with Crippen molar-refractivity contribution in [2.24, 2.45) is 0 Å². The van der Waals surface area contributed by atoms with Crippen LogP contribution in [0.5, 0.6) is 0 Å². The molecule has 0 N–H and O–H groups in total. The van der Waals surface area contributed by atoms with Gasteiger partial charge in [0, 0.05) is 23.5 Å². The summed E-state index contributed by atoms with van der Waals surface area (Å²) in [4.78, 5) is 0. The third-order valence-electron chi connectivity index (χ3n) is 6.17. The Balaban J connectivity index is 2.05. The highest BCUT2D eigenvalue weighted by Crippen LogP contribution is 2.45. The quantitative estimate of drug-likeness (QED) is 0.163. The highest BCUT2D eigenvalue weighted by Gasteiger charge is 2.38. The van der Waals surface area contributed by atoms with Crippen LogP contribution in [0.3, 0.4) is 0 Å². The molecule has 0 nitrogen and oxygen atoms in total. The zero-order chi connectivity index (χ0) is 23.3. The number of halogens is 4. The number of benzene rings is 4. The van der Waals surface area contributed by atoms with E-state index in [0.29, 0.717) is 23.5 Å². The molecular weight excluding hydrogens is 490 g/mol. The molecule has 0 heterocycles. The summed E-state index contributed by atoms with van der Waals surface area (Å²) in [5.74, 6) is 1.91. The summed E-state index contributed by atoms with van der Waals surface area (Å²) in [5.41, 5.74) is 8.44. The van der Waals surface area contributed by atoms with Gasteiger partial charge in [0.2, 0.25) is 0 Å². The Kier molecular flexibility index (Phi) is 8.04. The molecule has 0 spiro atoms. The molecule has 0 saturated carbocycles. The lowest BCUT2D eigenvalue weighted by Gasteiger charge is -2.37. The smallest absolute Gasteiger partial charge is 0.0701 e. The molecular formula is C29H24Cl4. The van der Waals surface area contributed by atoms with Gasteiger partial charge in [-0.3, -0.25) is 0 Å². The first kappa shape index (κ1) is 24.2. The van der Waals surface area contributed by atoms with Crippen molar-refractivity contribution >= 4 is 46.4 Å². The van der Waals surface area contributed by atoms with Crippen LogP contribution in [0, 0.1) is 0 Å². The van der Waals surface area contributed by atoms with Crippen LogP contribution in [-0.4, -0.2) is 0 Å². The van der Waals surface area contributed by atoms with Crippen molar-refractivity contribution < 1.29 is 0 Å². The van der Waals surface area contributed by atoms with Crippen LogP contribution in [0.1, 0.15) is 44.5 Å². The van der Waals surface area contributed by atoms with Gasteiger partial charge in [-0.2, -0.15) is 0 Å². The summed E-state index contributed by atoms with van der Waals surface area (Å²) in [7, 11) is 0. The normalized spacial score (nSPS) is 11.5. The van der Waals surface area contributed by atoms with Crippen LogP contribution in [0.15, 0.2) is 97.1 Å². The molecule has 0 fully saturated rings. The predicted octanol–water partition coefficient (Wildman–Crippen LogP) is 9.02. The molecule has 0 amide bonds. The maximum Gasteiger partial charge on any atom is 0.0701 e. The highest BCUT2D eigenvalue weighted by atomic mass is 35.5. The molecule has 0 saturated heterocycles. The average molecular weight is 514 g/mol. The summed E-state index contributed by atoms with van der Waals surface area (Å²) in [6.07, 6.45) is 0. The SMILES string of the molecule is ClCc1ccc(C(c2ccc(CCl)cc2)(c2ccc(CCl)cc2)c2ccc(CCl)cc2)cc1. The Morgan fingerprint density at radius 3 is 0.667 bits per heavy atom. The second-order valence-electron chi connectivity index (χ2n) is 8.07. The summed E-state index contributed by atoms with van der Waals surface area (Å²) in [6, 6.07) is 34.2. The van der Waals surface area contributed by atoms with E-state index in [1.54, 1.807) is 0 Å². The standard InChI is InChI=1S/C29H24Cl4/c30-17-21-1-9-25(10-2-21)29(26-11-3-22(18-31)4-12-26,27-13-5-23(19-32)6-14-27)28-15-7-24(20-33)8-16-28/h1-16H,17-20H2. The molecule has 0 aliphatic rings. The topological polar surface area (TPSA) is 0 Å². The second kappa shape index (κ2) is 11.0. The minimum atomic E-state index is -0.536. The molecule has 0 aromatic heterocycles. The van der Waals surface area contributed by atoms with Crippen LogP contribution < -0.4 is 0 Å². The zero-order valence-corrected chi connectivity index (χ0v) is 21.1. The first-order valence-corrected chi connectivity index (χ1v) is 12.9. The first-order valence-electron chi connectivity index (χ1n) is 10.8. The maximum atomic E-state index is 6.11. The fourth-order valence-electron chi connectivity index (χ4n) is 4.38. The summed E-state index contributed by atoms with van der Waals surface area (Å²) < 4.78 is 0. The van der Waals surface area contributed by atoms with E-state index < -0.39 is 5.41 Å². The van der Waals surface area contributed by atoms with Crippen molar-refractivity contribution in [1.29, 1.82) is 0 Å². The molecule has 0 atom stereocenters. The Bertz CT molecular complexity index is 967. The van der Waals surface area contributed by atoms with E-state index in [2.05, 4.69) is 97.1 Å². The summed E-state index contributed by atoms with van der Waals surface area (Å²) in [6.45, 7) is 0. The molecule has 168 valence electrons. The van der Waals surface area contributed by atoms with Crippen LogP contribution >= 0.6 is 46.4 Å². The maximum absolute atomic E-state index is 6.11. The van der Waals surface area contributed by atoms with Gasteiger partial charge >= 0.3 is 0 Å². The van der Waals surface area contributed by atoms with Gasteiger partial charge in [-0.05, 0) is 44.5 Å². The van der Waals surface area contributed by atoms with Crippen molar-refractivity contribution in [3.05, 3.63) is 142 Å². The lowest BCUT2D eigenvalue weighted by Crippen LogP contribution is -2.31. The third kappa shape index (κ3) is 4.81. The van der Waals surface area contributed by atoms with Crippen molar-refractivity contribution in [3.8, 4) is 0 Å². The van der Waals surface area contributed by atoms with Gasteiger partial charge in [-0.15, -0.1) is 46.4 Å². The minimum absolute atomic E-state index is 0.479. The summed E-state index contributed by atoms with van der Waals surface area (Å²) in [5, 5.41) is 0. The third-order valence-corrected chi connectivity index (χ3v) is 7.40. The molecule has 4 rings (SSSR count). The largest absolute Gasteiger partial charge is 0.122 e. The molecule has 4 aromatic carbocycles. The predicted molar refractivity (Wildman–Crippen MR) is 143 cm³/mol. The van der Waals surface area contributed by atoms with Gasteiger partial charge < -0.3 is 0 Å². The Labute approximate surface area is 216 Å². The van der Waals surface area contributed by atoms with E-state index in [9.17, 15) is 0 Å². The van der Waals surface area contributed by atoms with E-state index in [4.69, 9.17) is 46.4 Å². The molecule has 33 heavy (non-hydrogen) atoms. The van der Waals surface area contributed by atoms with Crippen molar-refractivity contribution in [3.63, 3.8) is 0 Å². The number of hydrogen-bond donors (Lipinski definition) is 0. The van der Waals surface area contributed by atoms with Gasteiger partial charge in [0.1, 0.15) is 0 Å². The van der Waals surface area contributed by atoms with Crippen molar-refractivity contribution in [2.75, 3.05) is 0 Å². The average Bonchev–Trinajstić information content (AvgIpc) is 2.90. The lowest BCUT2D eigenvalue weighted by atomic mass is 9.65.